The molecule has 2 unspecified atom stereocenters. The van der Waals surface area contributed by atoms with Crippen LogP contribution in [0.2, 0.25) is 0 Å². The van der Waals surface area contributed by atoms with Crippen molar-refractivity contribution in [2.45, 2.75) is 70.0 Å². The topological polar surface area (TPSA) is 58.4 Å². The van der Waals surface area contributed by atoms with Crippen LogP contribution in [0.4, 0.5) is 0 Å². The number of piperidine rings is 1. The minimum atomic E-state index is -0.132. The summed E-state index contributed by atoms with van der Waals surface area (Å²) in [6.07, 6.45) is 7.97. The van der Waals surface area contributed by atoms with E-state index in [1.54, 1.807) is 0 Å². The number of nitrogens with two attached hydrogens (primary N) is 1. The molecule has 2 atom stereocenters. The molecular formula is C14H25N3OS. The van der Waals surface area contributed by atoms with E-state index >= 15 is 0 Å². The summed E-state index contributed by atoms with van der Waals surface area (Å²) in [6.45, 7) is 2.89. The third-order valence-corrected chi connectivity index (χ3v) is 4.72. The van der Waals surface area contributed by atoms with Crippen LogP contribution >= 0.6 is 12.2 Å². The summed E-state index contributed by atoms with van der Waals surface area (Å²) in [5.41, 5.74) is 5.82. The molecule has 1 saturated carbocycles. The van der Waals surface area contributed by atoms with Crippen molar-refractivity contribution < 1.29 is 4.79 Å². The molecule has 0 spiro atoms. The maximum Gasteiger partial charge on any atom is 0.237 e. The molecule has 0 aromatic rings. The van der Waals surface area contributed by atoms with Crippen LogP contribution in [0.5, 0.6) is 0 Å². The van der Waals surface area contributed by atoms with E-state index in [0.717, 1.165) is 38.6 Å². The van der Waals surface area contributed by atoms with E-state index in [-0.39, 0.29) is 18.0 Å². The minimum Gasteiger partial charge on any atom is -0.392 e. The lowest BCUT2D eigenvalue weighted by Gasteiger charge is -2.38. The largest absolute Gasteiger partial charge is 0.392 e. The van der Waals surface area contributed by atoms with Crippen LogP contribution in [0.1, 0.15) is 51.9 Å². The Morgan fingerprint density at radius 2 is 1.89 bits per heavy atom. The van der Waals surface area contributed by atoms with E-state index in [9.17, 15) is 4.79 Å². The smallest absolute Gasteiger partial charge is 0.237 e. The number of nitrogens with zero attached hydrogens (tertiary/aromatic N) is 1. The van der Waals surface area contributed by atoms with Gasteiger partial charge in [-0.3, -0.25) is 9.69 Å². The molecule has 0 radical (unpaired) electrons. The number of nitrogens with one attached hydrogen (secondary N) is 1. The van der Waals surface area contributed by atoms with Gasteiger partial charge in [-0.25, -0.2) is 0 Å². The van der Waals surface area contributed by atoms with Gasteiger partial charge in [0.1, 0.15) is 0 Å². The first-order chi connectivity index (χ1) is 9.09. The number of amides is 1. The first-order valence-corrected chi connectivity index (χ1v) is 7.86. The first kappa shape index (κ1) is 14.7. The number of likely N-dealkylation sites (tertiary alicyclic amines) is 1. The molecule has 0 aromatic carbocycles. The minimum absolute atomic E-state index is 0.0908. The second-order valence-corrected chi connectivity index (χ2v) is 6.29. The van der Waals surface area contributed by atoms with Crippen molar-refractivity contribution in [2.24, 2.45) is 5.73 Å². The zero-order chi connectivity index (χ0) is 13.8. The first-order valence-electron chi connectivity index (χ1n) is 7.45. The molecule has 2 fully saturated rings. The highest BCUT2D eigenvalue weighted by atomic mass is 32.1. The van der Waals surface area contributed by atoms with Crippen LogP contribution in [-0.4, -0.2) is 40.5 Å². The van der Waals surface area contributed by atoms with E-state index in [4.69, 9.17) is 18.0 Å². The Balaban J connectivity index is 1.93. The van der Waals surface area contributed by atoms with Crippen molar-refractivity contribution in [3.63, 3.8) is 0 Å². The van der Waals surface area contributed by atoms with Crippen molar-refractivity contribution in [2.75, 3.05) is 6.54 Å². The normalized spacial score (nSPS) is 27.1. The third kappa shape index (κ3) is 3.66. The molecule has 1 heterocycles. The van der Waals surface area contributed by atoms with Gasteiger partial charge in [0.25, 0.3) is 0 Å². The predicted octanol–water partition coefficient (Wildman–Crippen LogP) is 1.57. The SMILES string of the molecule is CC(C(=O)NC1CCCC1)N1CCCCC1C(N)=S. The van der Waals surface area contributed by atoms with Crippen molar-refractivity contribution >= 4 is 23.1 Å². The number of hydrogen-bond acceptors (Lipinski definition) is 3. The Labute approximate surface area is 121 Å². The van der Waals surface area contributed by atoms with E-state index in [2.05, 4.69) is 10.2 Å². The van der Waals surface area contributed by atoms with Gasteiger partial charge in [0, 0.05) is 6.04 Å². The highest BCUT2D eigenvalue weighted by Crippen LogP contribution is 2.21. The molecule has 2 aliphatic rings. The maximum atomic E-state index is 12.3. The Morgan fingerprint density at radius 3 is 2.53 bits per heavy atom. The molecule has 1 aliphatic heterocycles. The number of thiocarbonyl (C=S) groups is 1. The lowest BCUT2D eigenvalue weighted by atomic mass is 9.99. The van der Waals surface area contributed by atoms with Crippen LogP contribution in [-0.2, 0) is 4.79 Å². The van der Waals surface area contributed by atoms with E-state index < -0.39 is 0 Å². The molecule has 0 bridgehead atoms. The maximum absolute atomic E-state index is 12.3. The summed E-state index contributed by atoms with van der Waals surface area (Å²) >= 11 is 5.15. The zero-order valence-electron chi connectivity index (χ0n) is 11.7. The molecule has 2 rings (SSSR count). The Kier molecular flexibility index (Phi) is 5.16. The average molecular weight is 283 g/mol. The standard InChI is InChI=1S/C14H25N3OS/c1-10(14(18)16-11-6-2-3-7-11)17-9-5-4-8-12(17)13(15)19/h10-12H,2-9H2,1H3,(H2,15,19)(H,16,18). The van der Waals surface area contributed by atoms with Crippen LogP contribution in [0.3, 0.4) is 0 Å². The number of carbonyl (C=O) groups excluding carboxylic acids is 1. The van der Waals surface area contributed by atoms with E-state index in [1.165, 1.54) is 12.8 Å². The Hall–Kier alpha value is -0.680. The van der Waals surface area contributed by atoms with Crippen LogP contribution in [0.15, 0.2) is 0 Å². The molecule has 108 valence electrons. The van der Waals surface area contributed by atoms with Gasteiger partial charge in [-0.15, -0.1) is 0 Å². The molecule has 1 aliphatic carbocycles. The highest BCUT2D eigenvalue weighted by molar-refractivity contribution is 7.80. The predicted molar refractivity (Wildman–Crippen MR) is 81.0 cm³/mol. The van der Waals surface area contributed by atoms with Gasteiger partial charge in [0.15, 0.2) is 0 Å². The lowest BCUT2D eigenvalue weighted by Crippen LogP contribution is -2.56. The second-order valence-electron chi connectivity index (χ2n) is 5.82. The number of carbonyl (C=O) groups is 1. The van der Waals surface area contributed by atoms with Crippen molar-refractivity contribution in [3.8, 4) is 0 Å². The Bertz CT molecular complexity index is 342. The summed E-state index contributed by atoms with van der Waals surface area (Å²) < 4.78 is 0. The number of hydrogen-bond donors (Lipinski definition) is 2. The zero-order valence-corrected chi connectivity index (χ0v) is 12.5. The van der Waals surface area contributed by atoms with Gasteiger partial charge in [0.05, 0.1) is 17.1 Å². The molecule has 5 heteroatoms. The molecule has 1 amide bonds. The van der Waals surface area contributed by atoms with Crippen LogP contribution in [0.25, 0.3) is 0 Å². The highest BCUT2D eigenvalue weighted by Gasteiger charge is 2.32. The van der Waals surface area contributed by atoms with Gasteiger partial charge in [-0.2, -0.15) is 0 Å². The van der Waals surface area contributed by atoms with Gasteiger partial charge in [0.2, 0.25) is 5.91 Å². The van der Waals surface area contributed by atoms with Crippen molar-refractivity contribution in [3.05, 3.63) is 0 Å². The van der Waals surface area contributed by atoms with Crippen molar-refractivity contribution in [1.29, 1.82) is 0 Å². The van der Waals surface area contributed by atoms with Crippen LogP contribution in [0, 0.1) is 0 Å². The fourth-order valence-corrected chi connectivity index (χ4v) is 3.52. The van der Waals surface area contributed by atoms with Gasteiger partial charge in [-0.05, 0) is 39.2 Å². The summed E-state index contributed by atoms with van der Waals surface area (Å²) in [7, 11) is 0. The summed E-state index contributed by atoms with van der Waals surface area (Å²) in [5.74, 6) is 0.134. The van der Waals surface area contributed by atoms with Crippen molar-refractivity contribution in [1.82, 2.24) is 10.2 Å². The average Bonchev–Trinajstić information content (AvgIpc) is 2.90. The molecule has 1 saturated heterocycles. The molecule has 3 N–H and O–H groups in total. The summed E-state index contributed by atoms with van der Waals surface area (Å²) in [5, 5.41) is 3.17. The quantitative estimate of drug-likeness (QED) is 0.769. The molecule has 19 heavy (non-hydrogen) atoms. The van der Waals surface area contributed by atoms with Crippen LogP contribution < -0.4 is 11.1 Å². The monoisotopic (exact) mass is 283 g/mol. The lowest BCUT2D eigenvalue weighted by molar-refractivity contribution is -0.127. The molecule has 0 aromatic heterocycles. The fraction of sp³-hybridized carbons (Fsp3) is 0.857. The molecular weight excluding hydrogens is 258 g/mol. The van der Waals surface area contributed by atoms with Gasteiger partial charge >= 0.3 is 0 Å². The molecule has 4 nitrogen and oxygen atoms in total. The number of rotatable bonds is 4. The Morgan fingerprint density at radius 1 is 1.26 bits per heavy atom. The summed E-state index contributed by atoms with van der Waals surface area (Å²) in [6, 6.07) is 0.337. The van der Waals surface area contributed by atoms with E-state index in [1.807, 2.05) is 6.92 Å². The summed E-state index contributed by atoms with van der Waals surface area (Å²) in [4.78, 5) is 15.0. The fourth-order valence-electron chi connectivity index (χ4n) is 3.27. The van der Waals surface area contributed by atoms with Gasteiger partial charge in [-0.1, -0.05) is 31.5 Å². The third-order valence-electron chi connectivity index (χ3n) is 4.45. The second kappa shape index (κ2) is 6.66. The van der Waals surface area contributed by atoms with Gasteiger partial charge < -0.3 is 11.1 Å². The van der Waals surface area contributed by atoms with E-state index in [0.29, 0.717) is 11.0 Å².